The van der Waals surface area contributed by atoms with Gasteiger partial charge in [-0.25, -0.2) is 14.7 Å². The zero-order chi connectivity index (χ0) is 24.1. The van der Waals surface area contributed by atoms with Gasteiger partial charge in [0.05, 0.1) is 30.7 Å². The molecule has 34 heavy (non-hydrogen) atoms. The molecule has 0 unspecified atom stereocenters. The van der Waals surface area contributed by atoms with Gasteiger partial charge in [-0.3, -0.25) is 4.79 Å². The lowest BCUT2D eigenvalue weighted by Gasteiger charge is -2.27. The summed E-state index contributed by atoms with van der Waals surface area (Å²) in [6.45, 7) is 8.22. The number of carbonyl (C=O) groups is 1. The summed E-state index contributed by atoms with van der Waals surface area (Å²) >= 11 is 0. The van der Waals surface area contributed by atoms with Crippen LogP contribution < -0.4 is 5.73 Å². The van der Waals surface area contributed by atoms with Gasteiger partial charge >= 0.3 is 0 Å². The zero-order valence-electron chi connectivity index (χ0n) is 19.3. The summed E-state index contributed by atoms with van der Waals surface area (Å²) in [6.07, 6.45) is 4.98. The summed E-state index contributed by atoms with van der Waals surface area (Å²) in [4.78, 5) is 23.5. The number of morpholine rings is 1. The Labute approximate surface area is 198 Å². The molecule has 1 aliphatic heterocycles. The lowest BCUT2D eigenvalue weighted by Crippen LogP contribution is -2.40. The summed E-state index contributed by atoms with van der Waals surface area (Å²) < 4.78 is 7.02. The van der Waals surface area contributed by atoms with Crippen molar-refractivity contribution in [3.05, 3.63) is 83.2 Å². The lowest BCUT2D eigenvalue weighted by molar-refractivity contribution is 0.0302. The largest absolute Gasteiger partial charge is 0.384 e. The van der Waals surface area contributed by atoms with Gasteiger partial charge in [0.15, 0.2) is 5.82 Å². The van der Waals surface area contributed by atoms with E-state index in [1.165, 1.54) is 0 Å². The molecule has 8 heteroatoms. The fraction of sp³-hybridized carbons (Fsp3) is 0.231. The average Bonchev–Trinajstić information content (AvgIpc) is 3.20. The van der Waals surface area contributed by atoms with Crippen LogP contribution in [0.2, 0.25) is 0 Å². The number of nitrogens with two attached hydrogens (primary N) is 1. The van der Waals surface area contributed by atoms with Crippen molar-refractivity contribution in [3.8, 4) is 11.8 Å². The minimum absolute atomic E-state index is 0.0189. The van der Waals surface area contributed by atoms with Crippen molar-refractivity contribution in [2.45, 2.75) is 6.92 Å². The highest BCUT2D eigenvalue weighted by Crippen LogP contribution is 2.21. The first-order valence-electron chi connectivity index (χ1n) is 10.9. The second kappa shape index (κ2) is 10.1. The molecule has 1 aromatic carbocycles. The minimum atomic E-state index is 0.0189. The molecule has 2 aromatic heterocycles. The average molecular weight is 455 g/mol. The van der Waals surface area contributed by atoms with Gasteiger partial charge in [-0.1, -0.05) is 24.5 Å². The van der Waals surface area contributed by atoms with E-state index in [9.17, 15) is 4.79 Å². The molecule has 172 valence electrons. The maximum absolute atomic E-state index is 12.9. The number of benzene rings is 1. The highest BCUT2D eigenvalue weighted by molar-refractivity contribution is 6.10. The molecule has 1 amide bonds. The molecule has 4 rings (SSSR count). The third-order valence-corrected chi connectivity index (χ3v) is 5.50. The Morgan fingerprint density at radius 2 is 2.03 bits per heavy atom. The first-order valence-corrected chi connectivity index (χ1v) is 10.9. The van der Waals surface area contributed by atoms with Gasteiger partial charge in [-0.15, -0.1) is 0 Å². The first-order chi connectivity index (χ1) is 16.5. The van der Waals surface area contributed by atoms with Crippen LogP contribution in [-0.4, -0.2) is 57.6 Å². The van der Waals surface area contributed by atoms with Crippen molar-refractivity contribution >= 4 is 23.3 Å². The molecule has 1 aliphatic rings. The number of rotatable bonds is 4. The highest BCUT2D eigenvalue weighted by atomic mass is 16.5. The lowest BCUT2D eigenvalue weighted by atomic mass is 10.0. The molecule has 0 atom stereocenters. The molecule has 0 saturated carbocycles. The number of carbonyl (C=O) groups excluding carboxylic acids is 1. The maximum Gasteiger partial charge on any atom is 0.254 e. The van der Waals surface area contributed by atoms with Crippen molar-refractivity contribution in [2.24, 2.45) is 12.0 Å². The monoisotopic (exact) mass is 454 g/mol. The van der Waals surface area contributed by atoms with E-state index in [4.69, 9.17) is 15.5 Å². The summed E-state index contributed by atoms with van der Waals surface area (Å²) in [7, 11) is 1.81. The van der Waals surface area contributed by atoms with E-state index in [0.717, 1.165) is 16.7 Å². The molecular weight excluding hydrogens is 428 g/mol. The second-order valence-corrected chi connectivity index (χ2v) is 7.86. The van der Waals surface area contributed by atoms with Crippen LogP contribution in [0.1, 0.15) is 32.6 Å². The van der Waals surface area contributed by atoms with E-state index in [1.54, 1.807) is 35.3 Å². The molecule has 0 spiro atoms. The van der Waals surface area contributed by atoms with Crippen molar-refractivity contribution < 1.29 is 9.53 Å². The Balaban J connectivity index is 1.63. The quantitative estimate of drug-likeness (QED) is 0.483. The minimum Gasteiger partial charge on any atom is -0.384 e. The van der Waals surface area contributed by atoms with Crippen LogP contribution in [0.15, 0.2) is 60.4 Å². The van der Waals surface area contributed by atoms with Crippen LogP contribution in [0.4, 0.5) is 11.6 Å². The Morgan fingerprint density at radius 1 is 1.24 bits per heavy atom. The molecule has 3 aromatic rings. The van der Waals surface area contributed by atoms with Gasteiger partial charge in [0, 0.05) is 43.0 Å². The van der Waals surface area contributed by atoms with E-state index in [2.05, 4.69) is 28.5 Å². The Morgan fingerprint density at radius 3 is 2.74 bits per heavy atom. The van der Waals surface area contributed by atoms with Crippen LogP contribution in [0.5, 0.6) is 0 Å². The number of ether oxygens (including phenoxy) is 1. The van der Waals surface area contributed by atoms with Crippen molar-refractivity contribution in [2.75, 3.05) is 32.0 Å². The Hall–Kier alpha value is -4.22. The van der Waals surface area contributed by atoms with Crippen LogP contribution >= 0.6 is 0 Å². The van der Waals surface area contributed by atoms with E-state index >= 15 is 0 Å². The van der Waals surface area contributed by atoms with Crippen LogP contribution in [-0.2, 0) is 11.8 Å². The topological polar surface area (TPSA) is 98.6 Å². The molecule has 0 bridgehead atoms. The highest BCUT2D eigenvalue weighted by Gasteiger charge is 2.20. The molecule has 8 nitrogen and oxygen atoms in total. The number of hydrogen-bond donors (Lipinski definition) is 1. The van der Waals surface area contributed by atoms with E-state index in [0.29, 0.717) is 54.8 Å². The number of aromatic nitrogens is 3. The number of amides is 1. The number of nitrogen functional groups attached to an aromatic ring is 1. The fourth-order valence-electron chi connectivity index (χ4n) is 3.66. The number of allylic oxidation sites excluding steroid dienone is 1. The van der Waals surface area contributed by atoms with Crippen molar-refractivity contribution in [1.29, 1.82) is 0 Å². The Kier molecular flexibility index (Phi) is 6.85. The molecule has 1 fully saturated rings. The number of pyridine rings is 1. The summed E-state index contributed by atoms with van der Waals surface area (Å²) in [6, 6.07) is 9.20. The zero-order valence-corrected chi connectivity index (χ0v) is 19.3. The molecule has 3 heterocycles. The number of aliphatic imine (C=N–C) groups is 1. The molecule has 0 radical (unpaired) electrons. The van der Waals surface area contributed by atoms with E-state index < -0.39 is 0 Å². The number of hydrogen-bond acceptors (Lipinski definition) is 6. The standard InChI is InChI=1S/C26H26N6O2/c1-4-23(20-7-8-22(18(2)15-20)26(33)32-11-13-34-14-12-32)30-25-21(17-29-31(25)3)6-5-19-9-10-28-24(27)16-19/h4,7-10,15-17H,1,11-14H2,2-3H3,(H2,27,28). The Bertz CT molecular complexity index is 1320. The van der Waals surface area contributed by atoms with Crippen molar-refractivity contribution in [1.82, 2.24) is 19.7 Å². The molecule has 1 saturated heterocycles. The number of anilines is 1. The third-order valence-electron chi connectivity index (χ3n) is 5.50. The van der Waals surface area contributed by atoms with E-state index in [1.807, 2.05) is 37.1 Å². The molecule has 2 N–H and O–H groups in total. The van der Waals surface area contributed by atoms with Gasteiger partial charge in [0.2, 0.25) is 0 Å². The third kappa shape index (κ3) is 5.05. The number of aryl methyl sites for hydroxylation is 2. The van der Waals surface area contributed by atoms with Crippen LogP contribution in [0.25, 0.3) is 0 Å². The summed E-state index contributed by atoms with van der Waals surface area (Å²) in [5.41, 5.74) is 10.2. The van der Waals surface area contributed by atoms with Gasteiger partial charge in [0.25, 0.3) is 5.91 Å². The van der Waals surface area contributed by atoms with Gasteiger partial charge < -0.3 is 15.4 Å². The van der Waals surface area contributed by atoms with Gasteiger partial charge in [-0.05, 0) is 42.8 Å². The number of nitrogens with zero attached hydrogens (tertiary/aromatic N) is 5. The summed E-state index contributed by atoms with van der Waals surface area (Å²) in [5, 5.41) is 4.31. The summed E-state index contributed by atoms with van der Waals surface area (Å²) in [5.74, 6) is 7.23. The predicted molar refractivity (Wildman–Crippen MR) is 132 cm³/mol. The predicted octanol–water partition coefficient (Wildman–Crippen LogP) is 2.88. The van der Waals surface area contributed by atoms with E-state index in [-0.39, 0.29) is 5.91 Å². The van der Waals surface area contributed by atoms with Crippen LogP contribution in [0.3, 0.4) is 0 Å². The normalized spacial score (nSPS) is 13.8. The van der Waals surface area contributed by atoms with Crippen LogP contribution in [0, 0.1) is 18.8 Å². The first kappa shape index (κ1) is 23.0. The maximum atomic E-state index is 12.9. The fourth-order valence-corrected chi connectivity index (χ4v) is 3.66. The smallest absolute Gasteiger partial charge is 0.254 e. The van der Waals surface area contributed by atoms with Crippen molar-refractivity contribution in [3.63, 3.8) is 0 Å². The molecule has 0 aliphatic carbocycles. The molecular formula is C26H26N6O2. The SMILES string of the molecule is C=CC(=Nc1c(C#Cc2ccnc(N)c2)cnn1C)c1ccc(C(=O)N2CCOCC2)c(C)c1. The van der Waals surface area contributed by atoms with Gasteiger partial charge in [0.1, 0.15) is 5.82 Å². The second-order valence-electron chi connectivity index (χ2n) is 7.86. The van der Waals surface area contributed by atoms with Gasteiger partial charge in [-0.2, -0.15) is 5.10 Å².